The molecule has 2 aliphatic rings. The molecule has 152 valence electrons. The molecule has 1 aliphatic carbocycles. The van der Waals surface area contributed by atoms with E-state index < -0.39 is 5.60 Å². The van der Waals surface area contributed by atoms with Crippen molar-refractivity contribution in [3.63, 3.8) is 0 Å². The first kappa shape index (κ1) is 19.6. The van der Waals surface area contributed by atoms with E-state index in [1.165, 1.54) is 6.42 Å². The van der Waals surface area contributed by atoms with Crippen molar-refractivity contribution in [1.29, 1.82) is 0 Å². The summed E-state index contributed by atoms with van der Waals surface area (Å²) in [6.07, 6.45) is 7.19. The summed E-state index contributed by atoms with van der Waals surface area (Å²) in [6, 6.07) is 7.63. The topological polar surface area (TPSA) is 67.6 Å². The quantitative estimate of drug-likeness (QED) is 0.828. The fourth-order valence-corrected chi connectivity index (χ4v) is 4.89. The molecule has 1 aliphatic heterocycles. The van der Waals surface area contributed by atoms with Gasteiger partial charge in [-0.05, 0) is 44.4 Å². The molecule has 1 N–H and O–H groups in total. The highest BCUT2D eigenvalue weighted by Gasteiger charge is 2.37. The van der Waals surface area contributed by atoms with Crippen LogP contribution in [0.5, 0.6) is 0 Å². The normalized spacial score (nSPS) is 22.7. The van der Waals surface area contributed by atoms with Crippen LogP contribution in [0, 0.1) is 0 Å². The molecule has 1 unspecified atom stereocenters. The largest absolute Gasteiger partial charge is 0.389 e. The maximum Gasteiger partial charge on any atom is 0.261 e. The van der Waals surface area contributed by atoms with E-state index in [1.54, 1.807) is 11.7 Å². The number of β-amino-alcohol motifs (C(OH)–C–C–N with tert-alkyl or cyclic N) is 1. The minimum absolute atomic E-state index is 0.000813. The summed E-state index contributed by atoms with van der Waals surface area (Å²) in [5.41, 5.74) is 0.148. The molecule has 0 bridgehead atoms. The number of hydrogen-bond acceptors (Lipinski definition) is 5. The van der Waals surface area contributed by atoms with Gasteiger partial charge in [0.05, 0.1) is 35.7 Å². The standard InChI is InChI=1S/C22H31N3O3/c1-28-15-14-25-20(23-18-9-4-3-8-17(18)21(25)26)19-10-7-13-24(19)16-22(27)11-5-2-6-12-22/h3-4,8-9,19,27H,2,5-7,10-16H2,1H3. The SMILES string of the molecule is COCCn1c(C2CCCN2CC2(O)CCCCC2)nc2ccccc2c1=O. The van der Waals surface area contributed by atoms with Crippen LogP contribution < -0.4 is 5.56 Å². The summed E-state index contributed by atoms with van der Waals surface area (Å²) in [5, 5.41) is 11.7. The number of methoxy groups -OCH3 is 1. The molecule has 0 radical (unpaired) electrons. The second-order valence-electron chi connectivity index (χ2n) is 8.35. The first-order chi connectivity index (χ1) is 13.6. The number of hydrogen-bond donors (Lipinski definition) is 1. The van der Waals surface area contributed by atoms with Gasteiger partial charge in [0, 0.05) is 13.7 Å². The van der Waals surface area contributed by atoms with Crippen LogP contribution >= 0.6 is 0 Å². The fraction of sp³-hybridized carbons (Fsp3) is 0.636. The van der Waals surface area contributed by atoms with Gasteiger partial charge in [0.2, 0.25) is 0 Å². The Balaban J connectivity index is 1.70. The lowest BCUT2D eigenvalue weighted by Gasteiger charge is -2.38. The van der Waals surface area contributed by atoms with E-state index in [-0.39, 0.29) is 11.6 Å². The third kappa shape index (κ3) is 3.86. The molecule has 4 rings (SSSR count). The number of likely N-dealkylation sites (tertiary alicyclic amines) is 1. The van der Waals surface area contributed by atoms with Crippen molar-refractivity contribution in [1.82, 2.24) is 14.5 Å². The summed E-state index contributed by atoms with van der Waals surface area (Å²) in [5.74, 6) is 0.817. The Kier molecular flexibility index (Phi) is 5.80. The average Bonchev–Trinajstić information content (AvgIpc) is 3.15. The van der Waals surface area contributed by atoms with Crippen LogP contribution in [0.3, 0.4) is 0 Å². The second kappa shape index (κ2) is 8.31. The van der Waals surface area contributed by atoms with Crippen LogP contribution in [0.2, 0.25) is 0 Å². The van der Waals surface area contributed by atoms with E-state index in [0.29, 0.717) is 25.1 Å². The number of aliphatic hydroxyl groups is 1. The molecule has 2 heterocycles. The minimum atomic E-state index is -0.602. The summed E-state index contributed by atoms with van der Waals surface area (Å²) in [4.78, 5) is 20.4. The Morgan fingerprint density at radius 1 is 1.21 bits per heavy atom. The molecule has 0 spiro atoms. The van der Waals surface area contributed by atoms with Crippen molar-refractivity contribution in [2.45, 2.75) is 63.1 Å². The van der Waals surface area contributed by atoms with Gasteiger partial charge < -0.3 is 9.84 Å². The molecule has 1 aromatic carbocycles. The van der Waals surface area contributed by atoms with Crippen LogP contribution in [-0.2, 0) is 11.3 Å². The van der Waals surface area contributed by atoms with Crippen molar-refractivity contribution in [3.05, 3.63) is 40.4 Å². The monoisotopic (exact) mass is 385 g/mol. The van der Waals surface area contributed by atoms with E-state index in [2.05, 4.69) is 4.90 Å². The minimum Gasteiger partial charge on any atom is -0.389 e. The summed E-state index contributed by atoms with van der Waals surface area (Å²) in [7, 11) is 1.65. The lowest BCUT2D eigenvalue weighted by atomic mass is 9.84. The first-order valence-electron chi connectivity index (χ1n) is 10.6. The molecule has 6 nitrogen and oxygen atoms in total. The first-order valence-corrected chi connectivity index (χ1v) is 10.6. The Hall–Kier alpha value is -1.76. The van der Waals surface area contributed by atoms with Gasteiger partial charge in [0.1, 0.15) is 5.82 Å². The van der Waals surface area contributed by atoms with Crippen molar-refractivity contribution >= 4 is 10.9 Å². The van der Waals surface area contributed by atoms with Gasteiger partial charge in [-0.3, -0.25) is 14.3 Å². The number of benzene rings is 1. The van der Waals surface area contributed by atoms with Gasteiger partial charge in [-0.2, -0.15) is 0 Å². The van der Waals surface area contributed by atoms with E-state index >= 15 is 0 Å². The van der Waals surface area contributed by atoms with Gasteiger partial charge >= 0.3 is 0 Å². The number of rotatable bonds is 6. The van der Waals surface area contributed by atoms with Crippen molar-refractivity contribution in [2.24, 2.45) is 0 Å². The molecule has 6 heteroatoms. The van der Waals surface area contributed by atoms with Gasteiger partial charge in [0.15, 0.2) is 0 Å². The molecule has 1 saturated carbocycles. The van der Waals surface area contributed by atoms with Crippen LogP contribution in [0.25, 0.3) is 10.9 Å². The summed E-state index contributed by atoms with van der Waals surface area (Å²) >= 11 is 0. The van der Waals surface area contributed by atoms with Crippen molar-refractivity contribution in [2.75, 3.05) is 26.8 Å². The van der Waals surface area contributed by atoms with E-state index in [1.807, 2.05) is 24.3 Å². The van der Waals surface area contributed by atoms with Crippen molar-refractivity contribution < 1.29 is 9.84 Å². The highest BCUT2D eigenvalue weighted by Crippen LogP contribution is 2.36. The number of fused-ring (bicyclic) bond motifs is 1. The number of ether oxygens (including phenoxy) is 1. The molecular weight excluding hydrogens is 354 g/mol. The summed E-state index contributed by atoms with van der Waals surface area (Å²) < 4.78 is 7.05. The lowest BCUT2D eigenvalue weighted by molar-refractivity contribution is -0.0302. The lowest BCUT2D eigenvalue weighted by Crippen LogP contribution is -2.45. The highest BCUT2D eigenvalue weighted by atomic mass is 16.5. The Morgan fingerprint density at radius 3 is 2.79 bits per heavy atom. The summed E-state index contributed by atoms with van der Waals surface area (Å²) in [6.45, 7) is 2.59. The molecular formula is C22H31N3O3. The zero-order valence-corrected chi connectivity index (χ0v) is 16.8. The van der Waals surface area contributed by atoms with Gasteiger partial charge in [-0.1, -0.05) is 31.4 Å². The maximum atomic E-state index is 13.2. The molecule has 28 heavy (non-hydrogen) atoms. The van der Waals surface area contributed by atoms with Gasteiger partial charge in [0.25, 0.3) is 5.56 Å². The predicted molar refractivity (Wildman–Crippen MR) is 109 cm³/mol. The third-order valence-corrected chi connectivity index (χ3v) is 6.35. The molecule has 1 atom stereocenters. The third-order valence-electron chi connectivity index (χ3n) is 6.35. The van der Waals surface area contributed by atoms with Crippen molar-refractivity contribution in [3.8, 4) is 0 Å². The van der Waals surface area contributed by atoms with E-state index in [4.69, 9.17) is 9.72 Å². The fourth-order valence-electron chi connectivity index (χ4n) is 4.89. The van der Waals surface area contributed by atoms with E-state index in [9.17, 15) is 9.90 Å². The average molecular weight is 386 g/mol. The highest BCUT2D eigenvalue weighted by molar-refractivity contribution is 5.77. The Bertz CT molecular complexity index is 873. The van der Waals surface area contributed by atoms with Crippen LogP contribution in [0.1, 0.15) is 56.8 Å². The van der Waals surface area contributed by atoms with Crippen LogP contribution in [0.4, 0.5) is 0 Å². The van der Waals surface area contributed by atoms with Crippen LogP contribution in [0.15, 0.2) is 29.1 Å². The molecule has 2 aromatic rings. The number of aromatic nitrogens is 2. The Morgan fingerprint density at radius 2 is 2.00 bits per heavy atom. The smallest absolute Gasteiger partial charge is 0.261 e. The number of nitrogens with zero attached hydrogens (tertiary/aromatic N) is 3. The zero-order valence-electron chi connectivity index (χ0n) is 16.8. The maximum absolute atomic E-state index is 13.2. The number of para-hydroxylation sites is 1. The molecule has 1 saturated heterocycles. The zero-order chi connectivity index (χ0) is 19.6. The molecule has 0 amide bonds. The van der Waals surface area contributed by atoms with Gasteiger partial charge in [-0.25, -0.2) is 4.98 Å². The second-order valence-corrected chi connectivity index (χ2v) is 8.35. The van der Waals surface area contributed by atoms with E-state index in [0.717, 1.165) is 56.4 Å². The molecule has 1 aromatic heterocycles. The molecule has 2 fully saturated rings. The Labute approximate surface area is 166 Å². The van der Waals surface area contributed by atoms with Gasteiger partial charge in [-0.15, -0.1) is 0 Å². The predicted octanol–water partition coefficient (Wildman–Crippen LogP) is 2.88. The van der Waals surface area contributed by atoms with Crippen LogP contribution in [-0.4, -0.2) is 52.0 Å².